The minimum Gasteiger partial charge on any atom is -0.493 e. The van der Waals surface area contributed by atoms with Crippen LogP contribution in [0.5, 0.6) is 17.2 Å². The van der Waals surface area contributed by atoms with Gasteiger partial charge in [0.15, 0.2) is 11.5 Å². The zero-order chi connectivity index (χ0) is 22.5. The number of nitrogens with one attached hydrogen (secondary N) is 1. The summed E-state index contributed by atoms with van der Waals surface area (Å²) >= 11 is 0. The number of nitrogens with zero attached hydrogens (tertiary/aromatic N) is 1. The van der Waals surface area contributed by atoms with Crippen LogP contribution in [-0.4, -0.2) is 44.8 Å². The van der Waals surface area contributed by atoms with Crippen molar-refractivity contribution in [3.05, 3.63) is 47.7 Å². The van der Waals surface area contributed by atoms with Crippen molar-refractivity contribution < 1.29 is 28.5 Å². The number of ether oxygens (including phenoxy) is 4. The summed E-state index contributed by atoms with van der Waals surface area (Å²) in [7, 11) is 4.43. The maximum absolute atomic E-state index is 12.8. The molecule has 0 fully saturated rings. The van der Waals surface area contributed by atoms with Gasteiger partial charge in [-0.3, -0.25) is 9.78 Å². The maximum Gasteiger partial charge on any atom is 0.341 e. The van der Waals surface area contributed by atoms with Gasteiger partial charge in [0, 0.05) is 22.8 Å². The van der Waals surface area contributed by atoms with E-state index in [1.807, 2.05) is 0 Å². The Balaban J connectivity index is 1.95. The van der Waals surface area contributed by atoms with E-state index in [1.54, 1.807) is 37.3 Å². The first-order chi connectivity index (χ1) is 14.9. The molecule has 2 aromatic carbocycles. The highest BCUT2D eigenvalue weighted by Crippen LogP contribution is 2.38. The van der Waals surface area contributed by atoms with E-state index in [2.05, 4.69) is 10.3 Å². The zero-order valence-electron chi connectivity index (χ0n) is 17.6. The van der Waals surface area contributed by atoms with Crippen molar-refractivity contribution in [3.8, 4) is 17.2 Å². The molecule has 0 radical (unpaired) electrons. The molecule has 1 amide bonds. The van der Waals surface area contributed by atoms with E-state index < -0.39 is 11.9 Å². The van der Waals surface area contributed by atoms with Crippen LogP contribution in [0.25, 0.3) is 10.9 Å². The van der Waals surface area contributed by atoms with E-state index in [-0.39, 0.29) is 17.9 Å². The highest BCUT2D eigenvalue weighted by Gasteiger charge is 2.18. The fraction of sp³-hybridized carbons (Fsp3) is 0.227. The molecular weight excluding hydrogens is 402 g/mol. The SMILES string of the molecule is CCOC(=O)c1cnc2ccc(NC(=O)c3cc(OC)c(OC)c(OC)c3)cc2c1N. The summed E-state index contributed by atoms with van der Waals surface area (Å²) < 4.78 is 20.9. The van der Waals surface area contributed by atoms with Gasteiger partial charge in [0.05, 0.1) is 39.1 Å². The van der Waals surface area contributed by atoms with Crippen LogP contribution in [0, 0.1) is 0 Å². The number of fused-ring (bicyclic) bond motifs is 1. The summed E-state index contributed by atoms with van der Waals surface area (Å²) in [4.78, 5) is 29.2. The number of carbonyl (C=O) groups is 2. The van der Waals surface area contributed by atoms with Gasteiger partial charge in [-0.05, 0) is 37.3 Å². The van der Waals surface area contributed by atoms with Crippen LogP contribution in [0.3, 0.4) is 0 Å². The number of nitrogen functional groups attached to an aromatic ring is 1. The van der Waals surface area contributed by atoms with Gasteiger partial charge in [0.1, 0.15) is 5.56 Å². The number of anilines is 2. The van der Waals surface area contributed by atoms with Crippen molar-refractivity contribution in [2.24, 2.45) is 0 Å². The predicted molar refractivity (Wildman–Crippen MR) is 116 cm³/mol. The Labute approximate surface area is 179 Å². The third-order valence-electron chi connectivity index (χ3n) is 4.59. The van der Waals surface area contributed by atoms with Crippen LogP contribution in [0.15, 0.2) is 36.5 Å². The second-order valence-corrected chi connectivity index (χ2v) is 6.41. The lowest BCUT2D eigenvalue weighted by atomic mass is 10.1. The molecule has 0 saturated carbocycles. The van der Waals surface area contributed by atoms with Gasteiger partial charge in [-0.15, -0.1) is 0 Å². The van der Waals surface area contributed by atoms with Crippen LogP contribution >= 0.6 is 0 Å². The Bertz CT molecular complexity index is 1120. The molecular formula is C22H23N3O6. The topological polar surface area (TPSA) is 122 Å². The van der Waals surface area contributed by atoms with Gasteiger partial charge in [0.25, 0.3) is 5.91 Å². The molecule has 31 heavy (non-hydrogen) atoms. The van der Waals surface area contributed by atoms with E-state index in [0.29, 0.717) is 39.4 Å². The monoisotopic (exact) mass is 425 g/mol. The quantitative estimate of drug-likeness (QED) is 0.553. The summed E-state index contributed by atoms with van der Waals surface area (Å²) in [6.07, 6.45) is 1.38. The molecule has 0 spiro atoms. The molecule has 0 saturated heterocycles. The summed E-state index contributed by atoms with van der Waals surface area (Å²) in [5.41, 5.74) is 7.93. The average Bonchev–Trinajstić information content (AvgIpc) is 2.78. The fourth-order valence-electron chi connectivity index (χ4n) is 3.08. The molecule has 0 unspecified atom stereocenters. The molecule has 9 heteroatoms. The zero-order valence-corrected chi connectivity index (χ0v) is 17.6. The highest BCUT2D eigenvalue weighted by atomic mass is 16.5. The van der Waals surface area contributed by atoms with E-state index in [9.17, 15) is 9.59 Å². The van der Waals surface area contributed by atoms with Gasteiger partial charge in [0.2, 0.25) is 5.75 Å². The number of amides is 1. The summed E-state index contributed by atoms with van der Waals surface area (Å²) in [6, 6.07) is 8.13. The Kier molecular flexibility index (Phi) is 6.44. The maximum atomic E-state index is 12.8. The normalized spacial score (nSPS) is 10.5. The third kappa shape index (κ3) is 4.30. The molecule has 0 bridgehead atoms. The summed E-state index contributed by atoms with van der Waals surface area (Å²) in [6.45, 7) is 1.93. The Morgan fingerprint density at radius 2 is 1.71 bits per heavy atom. The summed E-state index contributed by atoms with van der Waals surface area (Å²) in [5, 5.41) is 3.32. The Hall–Kier alpha value is -4.01. The van der Waals surface area contributed by atoms with E-state index in [0.717, 1.165) is 0 Å². The average molecular weight is 425 g/mol. The van der Waals surface area contributed by atoms with Crippen LogP contribution in [0.4, 0.5) is 11.4 Å². The molecule has 162 valence electrons. The standard InChI is InChI=1S/C22H23N3O6/c1-5-31-22(27)15-11-24-16-7-6-13(10-14(16)19(15)23)25-21(26)12-8-17(28-2)20(30-4)18(9-12)29-3/h6-11H,5H2,1-4H3,(H2,23,24)(H,25,26). The van der Waals surface area contributed by atoms with E-state index >= 15 is 0 Å². The number of carbonyl (C=O) groups excluding carboxylic acids is 2. The number of benzene rings is 2. The second-order valence-electron chi connectivity index (χ2n) is 6.41. The lowest BCUT2D eigenvalue weighted by Gasteiger charge is -2.14. The third-order valence-corrected chi connectivity index (χ3v) is 4.59. The van der Waals surface area contributed by atoms with Crippen LogP contribution < -0.4 is 25.3 Å². The van der Waals surface area contributed by atoms with Gasteiger partial charge in [-0.1, -0.05) is 0 Å². The molecule has 0 aliphatic carbocycles. The van der Waals surface area contributed by atoms with E-state index in [4.69, 9.17) is 24.7 Å². The molecule has 0 aliphatic heterocycles. The van der Waals surface area contributed by atoms with Crippen molar-refractivity contribution in [1.29, 1.82) is 0 Å². The smallest absolute Gasteiger partial charge is 0.341 e. The minimum atomic E-state index is -0.554. The van der Waals surface area contributed by atoms with Crippen molar-refractivity contribution in [2.45, 2.75) is 6.92 Å². The number of esters is 1. The van der Waals surface area contributed by atoms with Gasteiger partial charge < -0.3 is 30.0 Å². The lowest BCUT2D eigenvalue weighted by Crippen LogP contribution is -2.13. The predicted octanol–water partition coefficient (Wildman–Crippen LogP) is 3.27. The Morgan fingerprint density at radius 1 is 1.03 bits per heavy atom. The van der Waals surface area contributed by atoms with Gasteiger partial charge in [-0.2, -0.15) is 0 Å². The van der Waals surface area contributed by atoms with Crippen molar-refractivity contribution in [3.63, 3.8) is 0 Å². The molecule has 0 aliphatic rings. The molecule has 0 atom stereocenters. The molecule has 3 aromatic rings. The van der Waals surface area contributed by atoms with Crippen LogP contribution in [0.2, 0.25) is 0 Å². The molecule has 1 aromatic heterocycles. The van der Waals surface area contributed by atoms with Crippen LogP contribution in [0.1, 0.15) is 27.6 Å². The van der Waals surface area contributed by atoms with Crippen LogP contribution in [-0.2, 0) is 4.74 Å². The number of methoxy groups -OCH3 is 3. The number of hydrogen-bond donors (Lipinski definition) is 2. The fourth-order valence-corrected chi connectivity index (χ4v) is 3.08. The Morgan fingerprint density at radius 3 is 2.29 bits per heavy atom. The first-order valence-electron chi connectivity index (χ1n) is 9.40. The number of pyridine rings is 1. The summed E-state index contributed by atoms with van der Waals surface area (Å²) in [5.74, 6) is 0.154. The highest BCUT2D eigenvalue weighted by molar-refractivity contribution is 6.08. The molecule has 1 heterocycles. The molecule has 3 rings (SSSR count). The number of nitrogens with two attached hydrogens (primary N) is 1. The number of rotatable bonds is 7. The number of aromatic nitrogens is 1. The van der Waals surface area contributed by atoms with Gasteiger partial charge in [-0.25, -0.2) is 4.79 Å². The van der Waals surface area contributed by atoms with Crippen molar-refractivity contribution >= 4 is 34.2 Å². The number of hydrogen-bond acceptors (Lipinski definition) is 8. The first-order valence-corrected chi connectivity index (χ1v) is 9.40. The lowest BCUT2D eigenvalue weighted by molar-refractivity contribution is 0.0527. The van der Waals surface area contributed by atoms with Crippen molar-refractivity contribution in [1.82, 2.24) is 4.98 Å². The first kappa shape index (κ1) is 21.7. The molecule has 9 nitrogen and oxygen atoms in total. The van der Waals surface area contributed by atoms with Gasteiger partial charge >= 0.3 is 5.97 Å². The van der Waals surface area contributed by atoms with Crippen molar-refractivity contribution in [2.75, 3.05) is 39.0 Å². The second kappa shape index (κ2) is 9.21. The largest absolute Gasteiger partial charge is 0.493 e. The molecule has 3 N–H and O–H groups in total. The minimum absolute atomic E-state index is 0.169. The van der Waals surface area contributed by atoms with E-state index in [1.165, 1.54) is 27.5 Å².